The van der Waals surface area contributed by atoms with Gasteiger partial charge in [-0.05, 0) is 30.7 Å². The van der Waals surface area contributed by atoms with Gasteiger partial charge in [-0.15, -0.1) is 0 Å². The molecule has 1 fully saturated rings. The Morgan fingerprint density at radius 1 is 1.12 bits per heavy atom. The summed E-state index contributed by atoms with van der Waals surface area (Å²) in [6.07, 6.45) is 4.48. The Morgan fingerprint density at radius 3 is 2.92 bits per heavy atom. The number of carbonyl (C=O) groups is 1. The van der Waals surface area contributed by atoms with Crippen LogP contribution in [0.15, 0.2) is 60.9 Å². The lowest BCUT2D eigenvalue weighted by Gasteiger charge is -2.17. The first-order chi connectivity index (χ1) is 11.8. The first kappa shape index (κ1) is 14.6. The van der Waals surface area contributed by atoms with E-state index >= 15 is 0 Å². The molecule has 3 heterocycles. The zero-order chi connectivity index (χ0) is 16.4. The lowest BCUT2D eigenvalue weighted by Crippen LogP contribution is -2.32. The van der Waals surface area contributed by atoms with Crippen molar-refractivity contribution in [2.45, 2.75) is 12.5 Å². The average Bonchev–Trinajstić information content (AvgIpc) is 3.10. The predicted octanol–water partition coefficient (Wildman–Crippen LogP) is 2.96. The largest absolute Gasteiger partial charge is 0.379 e. The fourth-order valence-corrected chi connectivity index (χ4v) is 3.09. The van der Waals surface area contributed by atoms with Gasteiger partial charge >= 0.3 is 0 Å². The molecule has 2 aromatic heterocycles. The van der Waals surface area contributed by atoms with E-state index in [-0.39, 0.29) is 11.9 Å². The monoisotopic (exact) mass is 318 g/mol. The van der Waals surface area contributed by atoms with Crippen LogP contribution in [0.4, 0.5) is 5.69 Å². The Hall–Kier alpha value is -2.95. The zero-order valence-corrected chi connectivity index (χ0v) is 13.2. The van der Waals surface area contributed by atoms with Crippen molar-refractivity contribution >= 4 is 22.5 Å². The molecule has 24 heavy (non-hydrogen) atoms. The highest BCUT2D eigenvalue weighted by Gasteiger charge is 2.27. The molecule has 1 aliphatic heterocycles. The molecule has 1 aromatic carbocycles. The van der Waals surface area contributed by atoms with E-state index in [2.05, 4.69) is 15.3 Å². The van der Waals surface area contributed by atoms with Crippen LogP contribution in [-0.2, 0) is 0 Å². The number of benzene rings is 1. The maximum atomic E-state index is 12.7. The van der Waals surface area contributed by atoms with Gasteiger partial charge in [-0.25, -0.2) is 4.98 Å². The molecule has 1 N–H and O–H groups in total. The molecule has 0 aliphatic carbocycles. The lowest BCUT2D eigenvalue weighted by molar-refractivity contribution is 0.0786. The third-order valence-electron chi connectivity index (χ3n) is 4.33. The van der Waals surface area contributed by atoms with Crippen LogP contribution in [-0.4, -0.2) is 39.9 Å². The van der Waals surface area contributed by atoms with Crippen LogP contribution in [0.2, 0.25) is 0 Å². The summed E-state index contributed by atoms with van der Waals surface area (Å²) in [5.74, 6) is -0.00348. The minimum Gasteiger partial charge on any atom is -0.379 e. The molecule has 1 saturated heterocycles. The van der Waals surface area contributed by atoms with E-state index in [9.17, 15) is 4.79 Å². The second kappa shape index (κ2) is 6.28. The van der Waals surface area contributed by atoms with E-state index < -0.39 is 0 Å². The molecule has 5 nitrogen and oxygen atoms in total. The van der Waals surface area contributed by atoms with Gasteiger partial charge in [-0.3, -0.25) is 9.78 Å². The number of nitrogens with zero attached hydrogens (tertiary/aromatic N) is 3. The summed E-state index contributed by atoms with van der Waals surface area (Å²) in [4.78, 5) is 23.2. The van der Waals surface area contributed by atoms with Crippen molar-refractivity contribution in [2.75, 3.05) is 18.4 Å². The summed E-state index contributed by atoms with van der Waals surface area (Å²) in [5, 5.41) is 4.48. The molecule has 1 aliphatic rings. The first-order valence-electron chi connectivity index (χ1n) is 8.11. The molecular weight excluding hydrogens is 300 g/mol. The summed E-state index contributed by atoms with van der Waals surface area (Å²) in [6.45, 7) is 1.42. The smallest absolute Gasteiger partial charge is 0.272 e. The van der Waals surface area contributed by atoms with Crippen molar-refractivity contribution < 1.29 is 4.79 Å². The molecule has 0 bridgehead atoms. The molecule has 1 amide bonds. The topological polar surface area (TPSA) is 58.1 Å². The molecule has 3 aromatic rings. The van der Waals surface area contributed by atoms with Gasteiger partial charge in [0.25, 0.3) is 5.91 Å². The lowest BCUT2D eigenvalue weighted by atomic mass is 10.2. The number of nitrogens with one attached hydrogen (secondary N) is 1. The number of pyridine rings is 2. The summed E-state index contributed by atoms with van der Waals surface area (Å²) < 4.78 is 0. The summed E-state index contributed by atoms with van der Waals surface area (Å²) in [6, 6.07) is 15.8. The number of hydrogen-bond donors (Lipinski definition) is 1. The molecule has 1 atom stereocenters. The Bertz CT molecular complexity index is 865. The van der Waals surface area contributed by atoms with E-state index in [4.69, 9.17) is 0 Å². The van der Waals surface area contributed by atoms with E-state index in [1.165, 1.54) is 0 Å². The quantitative estimate of drug-likeness (QED) is 0.806. The zero-order valence-electron chi connectivity index (χ0n) is 13.2. The molecule has 120 valence electrons. The highest BCUT2D eigenvalue weighted by atomic mass is 16.2. The van der Waals surface area contributed by atoms with Crippen LogP contribution < -0.4 is 5.32 Å². The summed E-state index contributed by atoms with van der Waals surface area (Å²) >= 11 is 0. The van der Waals surface area contributed by atoms with Crippen molar-refractivity contribution in [3.05, 3.63) is 66.6 Å². The normalized spacial score (nSPS) is 17.2. The maximum absolute atomic E-state index is 12.7. The number of hydrogen-bond acceptors (Lipinski definition) is 4. The number of anilines is 1. The predicted molar refractivity (Wildman–Crippen MR) is 93.9 cm³/mol. The number of carbonyl (C=O) groups excluding carboxylic acids is 1. The molecular formula is C19H18N4O. The van der Waals surface area contributed by atoms with Crippen molar-refractivity contribution in [2.24, 2.45) is 0 Å². The number of aromatic nitrogens is 2. The van der Waals surface area contributed by atoms with Crippen LogP contribution in [0.3, 0.4) is 0 Å². The highest BCUT2D eigenvalue weighted by molar-refractivity contribution is 5.95. The fourth-order valence-electron chi connectivity index (χ4n) is 3.09. The summed E-state index contributed by atoms with van der Waals surface area (Å²) in [7, 11) is 0. The van der Waals surface area contributed by atoms with Crippen molar-refractivity contribution in [3.8, 4) is 0 Å². The molecule has 0 spiro atoms. The molecule has 0 saturated carbocycles. The van der Waals surface area contributed by atoms with Gasteiger partial charge in [0.05, 0.1) is 11.2 Å². The number of amides is 1. The van der Waals surface area contributed by atoms with Crippen LogP contribution in [0.1, 0.15) is 16.9 Å². The Kier molecular flexibility index (Phi) is 3.83. The summed E-state index contributed by atoms with van der Waals surface area (Å²) in [5.41, 5.74) is 2.35. The van der Waals surface area contributed by atoms with Gasteiger partial charge < -0.3 is 10.2 Å². The second-order valence-corrected chi connectivity index (χ2v) is 6.01. The molecule has 0 radical (unpaired) electrons. The minimum absolute atomic E-state index is 0.00348. The van der Waals surface area contributed by atoms with Gasteiger partial charge in [-0.1, -0.05) is 24.3 Å². The van der Waals surface area contributed by atoms with Crippen LogP contribution in [0, 0.1) is 0 Å². The Balaban J connectivity index is 1.46. The van der Waals surface area contributed by atoms with Gasteiger partial charge in [-0.2, -0.15) is 0 Å². The molecule has 5 heteroatoms. The van der Waals surface area contributed by atoms with Gasteiger partial charge in [0, 0.05) is 36.9 Å². The average molecular weight is 318 g/mol. The van der Waals surface area contributed by atoms with Crippen LogP contribution >= 0.6 is 0 Å². The number of para-hydroxylation sites is 1. The third kappa shape index (κ3) is 2.93. The first-order valence-corrected chi connectivity index (χ1v) is 8.11. The third-order valence-corrected chi connectivity index (χ3v) is 4.33. The maximum Gasteiger partial charge on any atom is 0.272 e. The number of fused-ring (bicyclic) bond motifs is 1. The standard InChI is InChI=1S/C19H18N4O/c24-19(18-8-7-14-4-1-2-6-17(14)22-18)23-11-9-16(13-23)21-15-5-3-10-20-12-15/h1-8,10,12,16,21H,9,11,13H2/t16-/m1/s1. The van der Waals surface area contributed by atoms with Crippen molar-refractivity contribution in [1.29, 1.82) is 0 Å². The number of rotatable bonds is 3. The minimum atomic E-state index is -0.00348. The van der Waals surface area contributed by atoms with E-state index in [1.807, 2.05) is 53.4 Å². The number of likely N-dealkylation sites (tertiary alicyclic amines) is 1. The van der Waals surface area contributed by atoms with Crippen LogP contribution in [0.25, 0.3) is 10.9 Å². The van der Waals surface area contributed by atoms with Gasteiger partial charge in [0.15, 0.2) is 0 Å². The van der Waals surface area contributed by atoms with Crippen molar-refractivity contribution in [1.82, 2.24) is 14.9 Å². The van der Waals surface area contributed by atoms with E-state index in [1.54, 1.807) is 12.4 Å². The van der Waals surface area contributed by atoms with Crippen molar-refractivity contribution in [3.63, 3.8) is 0 Å². The second-order valence-electron chi connectivity index (χ2n) is 6.01. The highest BCUT2D eigenvalue weighted by Crippen LogP contribution is 2.18. The van der Waals surface area contributed by atoms with Gasteiger partial charge in [0.1, 0.15) is 5.69 Å². The SMILES string of the molecule is O=C(c1ccc2ccccc2n1)N1CC[C@@H](Nc2cccnc2)C1. The Labute approximate surface area is 140 Å². The van der Waals surface area contributed by atoms with E-state index in [0.29, 0.717) is 12.2 Å². The fraction of sp³-hybridized carbons (Fsp3) is 0.211. The Morgan fingerprint density at radius 2 is 2.04 bits per heavy atom. The van der Waals surface area contributed by atoms with E-state index in [0.717, 1.165) is 29.6 Å². The van der Waals surface area contributed by atoms with Crippen LogP contribution in [0.5, 0.6) is 0 Å². The molecule has 0 unspecified atom stereocenters. The van der Waals surface area contributed by atoms with Gasteiger partial charge in [0.2, 0.25) is 0 Å². The molecule has 4 rings (SSSR count).